The highest BCUT2D eigenvalue weighted by molar-refractivity contribution is 5.84. The molecule has 1 unspecified atom stereocenters. The molecule has 8 aliphatic heterocycles. The molecule has 0 aromatic heterocycles. The molecule has 141 heavy (non-hydrogen) atoms. The Morgan fingerprint density at radius 1 is 0.305 bits per heavy atom. The van der Waals surface area contributed by atoms with Gasteiger partial charge in [-0.2, -0.15) is 19.9 Å². The molecule has 0 radical (unpaired) electrons. The molecule has 11 aromatic carbocycles. The zero-order valence-electron chi connectivity index (χ0n) is 80.4. The Morgan fingerprint density at radius 2 is 0.560 bits per heavy atom. The topological polar surface area (TPSA) is 385 Å². The van der Waals surface area contributed by atoms with Crippen molar-refractivity contribution in [1.82, 2.24) is 98.1 Å². The van der Waals surface area contributed by atoms with Crippen LogP contribution >= 0.6 is 0 Å². The third-order valence-electron chi connectivity index (χ3n) is 25.8. The van der Waals surface area contributed by atoms with Gasteiger partial charge in [-0.15, -0.1) is 0 Å². The van der Waals surface area contributed by atoms with Crippen molar-refractivity contribution in [1.29, 1.82) is 0 Å². The number of rotatable bonds is 31. The smallest absolute Gasteiger partial charge is 0.349 e. The highest BCUT2D eigenvalue weighted by Crippen LogP contribution is 2.31. The first-order chi connectivity index (χ1) is 68.2. The van der Waals surface area contributed by atoms with Crippen molar-refractivity contribution in [2.24, 2.45) is 0 Å². The number of aryl methyl sites for hydroxylation is 8. The number of hydrogen-bond donors (Lipinski definition) is 7. The lowest BCUT2D eigenvalue weighted by Crippen LogP contribution is -2.33. The first kappa shape index (κ1) is 98.4. The summed E-state index contributed by atoms with van der Waals surface area (Å²) in [6, 6.07) is 86.7. The summed E-state index contributed by atoms with van der Waals surface area (Å²) in [4.78, 5) is 149. The van der Waals surface area contributed by atoms with Gasteiger partial charge >= 0.3 is 22.8 Å². The van der Waals surface area contributed by atoms with Gasteiger partial charge in [-0.3, -0.25) is 53.8 Å². The maximum Gasteiger partial charge on any atom is 0.349 e. The first-order valence-corrected chi connectivity index (χ1v) is 47.5. The summed E-state index contributed by atoms with van der Waals surface area (Å²) in [5.74, 6) is 1.15. The molecule has 8 heterocycles. The molecule has 7 N–H and O–H groups in total. The van der Waals surface area contributed by atoms with E-state index < -0.39 is 57.2 Å². The summed E-state index contributed by atoms with van der Waals surface area (Å²) < 4.78 is 7.70. The molecule has 0 saturated heterocycles. The number of aliphatic hydroxyl groups is 2. The summed E-state index contributed by atoms with van der Waals surface area (Å²) in [7, 11) is 0. The Hall–Kier alpha value is -15.7. The van der Waals surface area contributed by atoms with Crippen LogP contribution in [0.2, 0.25) is 0 Å². The van der Waals surface area contributed by atoms with Crippen LogP contribution in [0.15, 0.2) is 299 Å². The van der Waals surface area contributed by atoms with E-state index in [1.807, 2.05) is 237 Å². The number of fused-ring (bicyclic) bond motifs is 8. The zero-order valence-corrected chi connectivity index (χ0v) is 80.4. The van der Waals surface area contributed by atoms with Crippen LogP contribution in [0.3, 0.4) is 0 Å². The Kier molecular flexibility index (Phi) is 31.6. The van der Waals surface area contributed by atoms with Crippen LogP contribution in [0.1, 0.15) is 121 Å². The van der Waals surface area contributed by atoms with E-state index in [1.165, 1.54) is 16.7 Å². The Labute approximate surface area is 813 Å². The third kappa shape index (κ3) is 24.2. The van der Waals surface area contributed by atoms with Gasteiger partial charge in [-0.1, -0.05) is 226 Å². The summed E-state index contributed by atoms with van der Waals surface area (Å²) in [5.41, 5.74) is 18.3. The van der Waals surface area contributed by atoms with Crippen molar-refractivity contribution >= 4 is 44.1 Å². The second-order valence-corrected chi connectivity index (χ2v) is 35.9. The lowest BCUT2D eigenvalue weighted by molar-refractivity contribution is 0.107. The van der Waals surface area contributed by atoms with Crippen molar-refractivity contribution in [2.45, 2.75) is 146 Å². The fourth-order valence-electron chi connectivity index (χ4n) is 17.7. The van der Waals surface area contributed by atoms with E-state index in [2.05, 4.69) is 185 Å². The van der Waals surface area contributed by atoms with Crippen LogP contribution in [0.4, 0.5) is 0 Å². The second-order valence-electron chi connectivity index (χ2n) is 35.9. The number of hydrogen-bond acceptors (Lipinski definition) is 22. The standard InChI is InChI=1S/2C29H29N5O3.C28H27N5O2.C25H29N5O2/c2*1-19-15-23-24(16-20(19)2)34(27-26(30-23)28(36)32-29(37)31-27)14-13-33(17-21-9-5-3-6-10-21)18-25(35)22-11-7-4-8-12-22;1-18-15-23-24(16-19(18)2)33(26-25(30-23)27(34)32-28(35)31-26)14-13-29-22(21-11-7-4-8-12-21)17-20-9-5-3-6-10-20;1-4-5-11-29(16-19-9-7-6-8-10-19)12-13-30-21-15-18(3)17(2)14-20(21)26-22-23(30)27-25(32)28-24(22)31/h2*3-12,15-16,25,35H,13-14,17-18H2,1-2H3,(H,32,36,37);3-12,15-16,22,29H,13-14,17H2,1-2H3,(H,32,34,35);6-10,14-15H,4-5,11-13,16H2,1-3H3,(H,28,31,32)/t2*25-;;/m10../s1. The molecule has 8 aliphatic rings. The van der Waals surface area contributed by atoms with Crippen LogP contribution in [-0.2, 0) is 52.2 Å². The summed E-state index contributed by atoms with van der Waals surface area (Å²) in [6.07, 6.45) is 1.74. The molecule has 3 atom stereocenters. The number of nitrogens with one attached hydrogen (secondary N) is 5. The van der Waals surface area contributed by atoms with Crippen molar-refractivity contribution in [3.05, 3.63) is 428 Å². The molecule has 0 spiro atoms. The van der Waals surface area contributed by atoms with Crippen LogP contribution in [0, 0.1) is 55.4 Å². The lowest BCUT2D eigenvalue weighted by Gasteiger charge is -2.27. The van der Waals surface area contributed by atoms with Gasteiger partial charge in [-0.25, -0.2) is 39.1 Å². The minimum absolute atomic E-state index is 0.106. The SMILES string of the molecule is CCCCN(CCn1c2nc(=O)[nH]c(=O)c-2nc2cc(C)c(C)cc21)Cc1ccccc1.Cc1cc2nc3c(=O)[nH]c(=O)nc-3n(CCN(Cc3ccccc3)C[C@@H](O)c3ccccc3)c2cc1C.Cc1cc2nc3c(=O)[nH]c(=O)nc-3n(CCN(Cc3ccccc3)C[C@H](O)c3ccccc3)c2cc1C.Cc1cc2nc3c(=O)[nH]c(=O)nc-3n(CCNC(Cc3ccccc3)c3ccccc3)c2cc1C. The number of aromatic amines is 4. The number of benzene rings is 11. The van der Waals surface area contributed by atoms with Crippen molar-refractivity contribution in [2.75, 3.05) is 45.8 Å². The predicted molar refractivity (Wildman–Crippen MR) is 552 cm³/mol. The van der Waals surface area contributed by atoms with Gasteiger partial charge in [0.15, 0.2) is 46.1 Å². The molecule has 0 saturated carbocycles. The van der Waals surface area contributed by atoms with Crippen molar-refractivity contribution in [3.63, 3.8) is 0 Å². The quantitative estimate of drug-likeness (QED) is 0.0198. The molecule has 19 rings (SSSR count). The average Bonchev–Trinajstić information content (AvgIpc) is 0.768. The van der Waals surface area contributed by atoms with Crippen LogP contribution in [0.5, 0.6) is 0 Å². The maximum atomic E-state index is 12.6. The van der Waals surface area contributed by atoms with Gasteiger partial charge in [-0.05, 0) is 207 Å². The largest absolute Gasteiger partial charge is 0.387 e. The molecule has 0 amide bonds. The van der Waals surface area contributed by atoms with E-state index in [-0.39, 0.29) is 40.5 Å². The third-order valence-corrected chi connectivity index (χ3v) is 25.8. The van der Waals surface area contributed by atoms with E-state index in [9.17, 15) is 48.6 Å². The van der Waals surface area contributed by atoms with E-state index in [0.717, 1.165) is 133 Å². The van der Waals surface area contributed by atoms with Crippen molar-refractivity contribution < 1.29 is 10.2 Å². The zero-order chi connectivity index (χ0) is 98.9. The molecule has 0 fully saturated rings. The average molecular weight is 1890 g/mol. The first-order valence-electron chi connectivity index (χ1n) is 47.5. The summed E-state index contributed by atoms with van der Waals surface area (Å²) >= 11 is 0. The van der Waals surface area contributed by atoms with Crippen LogP contribution in [-0.4, -0.2) is 149 Å². The van der Waals surface area contributed by atoms with Gasteiger partial charge in [0, 0.05) is 91.1 Å². The molecule has 11 aromatic rings. The Bertz CT molecular complexity index is 7720. The molecule has 718 valence electrons. The number of nitrogens with zero attached hydrogens (tertiary/aromatic N) is 15. The van der Waals surface area contributed by atoms with Crippen LogP contribution < -0.4 is 50.3 Å². The number of unbranched alkanes of at least 4 members (excludes halogenated alkanes) is 1. The van der Waals surface area contributed by atoms with Gasteiger partial charge in [0.25, 0.3) is 22.2 Å². The Morgan fingerprint density at radius 3 is 0.858 bits per heavy atom. The van der Waals surface area contributed by atoms with Crippen molar-refractivity contribution in [3.8, 4) is 46.1 Å². The highest BCUT2D eigenvalue weighted by atomic mass is 16.3. The minimum atomic E-state index is -0.697. The number of aliphatic hydroxyl groups excluding tert-OH is 2. The van der Waals surface area contributed by atoms with Gasteiger partial charge in [0.05, 0.1) is 56.3 Å². The Balaban J connectivity index is 0.000000136. The molecular weight excluding hydrogens is 1770 g/mol. The molecular formula is C111H114N20O10. The van der Waals surface area contributed by atoms with Gasteiger partial charge in [0.1, 0.15) is 0 Å². The van der Waals surface area contributed by atoms with Gasteiger partial charge in [0.2, 0.25) is 0 Å². The molecule has 0 aliphatic carbocycles. The van der Waals surface area contributed by atoms with E-state index >= 15 is 0 Å². The van der Waals surface area contributed by atoms with E-state index in [4.69, 9.17) is 0 Å². The van der Waals surface area contributed by atoms with Crippen LogP contribution in [0.25, 0.3) is 90.2 Å². The lowest BCUT2D eigenvalue weighted by atomic mass is 9.99. The summed E-state index contributed by atoms with van der Waals surface area (Å²) in [6.45, 7) is 26.8. The molecule has 0 bridgehead atoms. The molecule has 30 heteroatoms. The highest BCUT2D eigenvalue weighted by Gasteiger charge is 2.28. The fraction of sp³-hybridized carbons (Fsp3) is 0.261. The monoisotopic (exact) mass is 1890 g/mol. The maximum absolute atomic E-state index is 12.6. The normalized spacial score (nSPS) is 12.2. The summed E-state index contributed by atoms with van der Waals surface area (Å²) in [5, 5.41) is 25.7. The fourth-order valence-corrected chi connectivity index (χ4v) is 17.7. The predicted octanol–water partition coefficient (Wildman–Crippen LogP) is 14.2. The molecule has 30 nitrogen and oxygen atoms in total. The second kappa shape index (κ2) is 45.3. The van der Waals surface area contributed by atoms with E-state index in [1.54, 1.807) is 0 Å². The number of H-pyrrole nitrogens is 4. The van der Waals surface area contributed by atoms with Gasteiger partial charge < -0.3 is 33.8 Å². The number of aromatic nitrogens is 16. The minimum Gasteiger partial charge on any atom is -0.387 e. The van der Waals surface area contributed by atoms with E-state index in [0.29, 0.717) is 100 Å².